The van der Waals surface area contributed by atoms with Crippen LogP contribution in [0.4, 0.5) is 0 Å². The molecule has 0 saturated heterocycles. The first kappa shape index (κ1) is 11.4. The Balaban J connectivity index is 2.03. The fraction of sp³-hybridized carbons (Fsp3) is 0.500. The zero-order chi connectivity index (χ0) is 12.5. The summed E-state index contributed by atoms with van der Waals surface area (Å²) in [7, 11) is 1.71. The molecular formula is C14H18N2O2. The Hall–Kier alpha value is -1.71. The van der Waals surface area contributed by atoms with E-state index in [4.69, 9.17) is 9.47 Å². The molecule has 1 aromatic carbocycles. The maximum atomic E-state index is 5.76. The lowest BCUT2D eigenvalue weighted by Crippen LogP contribution is -2.29. The van der Waals surface area contributed by atoms with Crippen molar-refractivity contribution in [2.24, 2.45) is 4.99 Å². The van der Waals surface area contributed by atoms with Gasteiger partial charge in [-0.15, -0.1) is 0 Å². The van der Waals surface area contributed by atoms with Crippen molar-refractivity contribution in [3.63, 3.8) is 0 Å². The normalized spacial score (nSPS) is 21.7. The average Bonchev–Trinajstić information content (AvgIpc) is 2.90. The molecule has 96 valence electrons. The highest BCUT2D eigenvalue weighted by Crippen LogP contribution is 2.38. The van der Waals surface area contributed by atoms with Crippen molar-refractivity contribution < 1.29 is 9.47 Å². The molecule has 4 heteroatoms. The molecule has 2 aliphatic rings. The fourth-order valence-corrected chi connectivity index (χ4v) is 2.67. The Labute approximate surface area is 107 Å². The highest BCUT2D eigenvalue weighted by molar-refractivity contribution is 5.91. The summed E-state index contributed by atoms with van der Waals surface area (Å²) in [6.07, 6.45) is 0.977. The minimum absolute atomic E-state index is 0.325. The van der Waals surface area contributed by atoms with Gasteiger partial charge in [-0.2, -0.15) is 0 Å². The number of aliphatic imine (C=N–C) groups is 1. The summed E-state index contributed by atoms with van der Waals surface area (Å²) >= 11 is 0. The van der Waals surface area contributed by atoms with Gasteiger partial charge < -0.3 is 14.8 Å². The number of nitrogens with one attached hydrogen (secondary N) is 1. The molecule has 0 aromatic heterocycles. The molecular weight excluding hydrogens is 228 g/mol. The van der Waals surface area contributed by atoms with Crippen LogP contribution in [0.25, 0.3) is 0 Å². The van der Waals surface area contributed by atoms with E-state index in [1.807, 2.05) is 6.92 Å². The van der Waals surface area contributed by atoms with Gasteiger partial charge in [0.25, 0.3) is 0 Å². The van der Waals surface area contributed by atoms with Crippen LogP contribution in [-0.2, 0) is 0 Å². The van der Waals surface area contributed by atoms with E-state index in [1.165, 1.54) is 5.56 Å². The third-order valence-electron chi connectivity index (χ3n) is 3.60. The second kappa shape index (κ2) is 4.52. The largest absolute Gasteiger partial charge is 0.496 e. The molecule has 2 heterocycles. The Morgan fingerprint density at radius 1 is 1.44 bits per heavy atom. The maximum absolute atomic E-state index is 5.76. The number of hydrogen-bond donors (Lipinski definition) is 1. The van der Waals surface area contributed by atoms with Gasteiger partial charge in [0.15, 0.2) is 0 Å². The number of benzene rings is 1. The van der Waals surface area contributed by atoms with Crippen molar-refractivity contribution in [3.8, 4) is 11.5 Å². The lowest BCUT2D eigenvalue weighted by atomic mass is 9.91. The van der Waals surface area contributed by atoms with Gasteiger partial charge in [0.2, 0.25) is 0 Å². The minimum atomic E-state index is 0.325. The zero-order valence-corrected chi connectivity index (χ0v) is 10.8. The number of fused-ring (bicyclic) bond motifs is 1. The quantitative estimate of drug-likeness (QED) is 0.866. The summed E-state index contributed by atoms with van der Waals surface area (Å²) in [5.74, 6) is 3.32. The van der Waals surface area contributed by atoms with E-state index in [1.54, 1.807) is 7.11 Å². The van der Waals surface area contributed by atoms with Crippen LogP contribution in [0.1, 0.15) is 23.5 Å². The Bertz CT molecular complexity index is 497. The van der Waals surface area contributed by atoms with Crippen LogP contribution in [0.15, 0.2) is 17.1 Å². The standard InChI is InChI=1S/C14H18N2O2/c1-9-7-13-11(8-12(9)17-2)10(3-6-18-13)14-15-4-5-16-14/h7-8,10H,3-6H2,1-2H3,(H,15,16). The first-order valence-electron chi connectivity index (χ1n) is 6.39. The maximum Gasteiger partial charge on any atom is 0.123 e. The Kier molecular flexibility index (Phi) is 2.86. The van der Waals surface area contributed by atoms with Gasteiger partial charge in [-0.3, -0.25) is 4.99 Å². The summed E-state index contributed by atoms with van der Waals surface area (Å²) in [6, 6.07) is 4.16. The van der Waals surface area contributed by atoms with Crippen molar-refractivity contribution >= 4 is 5.84 Å². The first-order chi connectivity index (χ1) is 8.79. The van der Waals surface area contributed by atoms with Crippen LogP contribution in [0.5, 0.6) is 11.5 Å². The fourth-order valence-electron chi connectivity index (χ4n) is 2.67. The van der Waals surface area contributed by atoms with Crippen molar-refractivity contribution in [1.82, 2.24) is 5.32 Å². The number of hydrogen-bond acceptors (Lipinski definition) is 4. The average molecular weight is 246 g/mol. The summed E-state index contributed by atoms with van der Waals surface area (Å²) in [6.45, 7) is 4.62. The van der Waals surface area contributed by atoms with Gasteiger partial charge >= 0.3 is 0 Å². The molecule has 1 unspecified atom stereocenters. The molecule has 0 fully saturated rings. The number of amidine groups is 1. The monoisotopic (exact) mass is 246 g/mol. The van der Waals surface area contributed by atoms with Crippen LogP contribution < -0.4 is 14.8 Å². The molecule has 0 spiro atoms. The molecule has 18 heavy (non-hydrogen) atoms. The Morgan fingerprint density at radius 3 is 3.06 bits per heavy atom. The molecule has 1 atom stereocenters. The van der Waals surface area contributed by atoms with E-state index in [0.717, 1.165) is 49.0 Å². The van der Waals surface area contributed by atoms with Crippen LogP contribution >= 0.6 is 0 Å². The van der Waals surface area contributed by atoms with Gasteiger partial charge in [0.1, 0.15) is 17.3 Å². The van der Waals surface area contributed by atoms with Crippen molar-refractivity contribution in [1.29, 1.82) is 0 Å². The molecule has 3 rings (SSSR count). The van der Waals surface area contributed by atoms with E-state index in [9.17, 15) is 0 Å². The van der Waals surface area contributed by atoms with Crippen LogP contribution in [0.3, 0.4) is 0 Å². The van der Waals surface area contributed by atoms with Crippen LogP contribution in [-0.4, -0.2) is 32.6 Å². The number of methoxy groups -OCH3 is 1. The number of rotatable bonds is 2. The van der Waals surface area contributed by atoms with Gasteiger partial charge in [-0.05, 0) is 31.0 Å². The van der Waals surface area contributed by atoms with E-state index < -0.39 is 0 Å². The predicted molar refractivity (Wildman–Crippen MR) is 70.9 cm³/mol. The molecule has 4 nitrogen and oxygen atoms in total. The van der Waals surface area contributed by atoms with Crippen LogP contribution in [0, 0.1) is 6.92 Å². The molecule has 0 radical (unpaired) electrons. The first-order valence-corrected chi connectivity index (χ1v) is 6.39. The summed E-state index contributed by atoms with van der Waals surface area (Å²) in [5.41, 5.74) is 2.30. The second-order valence-electron chi connectivity index (χ2n) is 4.74. The smallest absolute Gasteiger partial charge is 0.123 e. The van der Waals surface area contributed by atoms with Gasteiger partial charge in [0, 0.05) is 18.0 Å². The van der Waals surface area contributed by atoms with E-state index in [0.29, 0.717) is 5.92 Å². The SMILES string of the molecule is COc1cc2c(cc1C)OCCC2C1=NCCN1. The zero-order valence-electron chi connectivity index (χ0n) is 10.8. The minimum Gasteiger partial charge on any atom is -0.496 e. The molecule has 2 aliphatic heterocycles. The highest BCUT2D eigenvalue weighted by atomic mass is 16.5. The van der Waals surface area contributed by atoms with E-state index >= 15 is 0 Å². The summed E-state index contributed by atoms with van der Waals surface area (Å²) in [5, 5.41) is 3.37. The topological polar surface area (TPSA) is 42.9 Å². The number of aryl methyl sites for hydroxylation is 1. The van der Waals surface area contributed by atoms with Crippen molar-refractivity contribution in [2.75, 3.05) is 26.8 Å². The van der Waals surface area contributed by atoms with Crippen molar-refractivity contribution in [3.05, 3.63) is 23.3 Å². The summed E-state index contributed by atoms with van der Waals surface area (Å²) < 4.78 is 11.2. The van der Waals surface area contributed by atoms with Gasteiger partial charge in [-0.1, -0.05) is 0 Å². The van der Waals surface area contributed by atoms with Gasteiger partial charge in [0.05, 0.1) is 20.3 Å². The molecule has 0 bridgehead atoms. The van der Waals surface area contributed by atoms with Crippen LogP contribution in [0.2, 0.25) is 0 Å². The molecule has 1 aromatic rings. The lowest BCUT2D eigenvalue weighted by molar-refractivity contribution is 0.280. The van der Waals surface area contributed by atoms with Crippen molar-refractivity contribution in [2.45, 2.75) is 19.3 Å². The highest BCUT2D eigenvalue weighted by Gasteiger charge is 2.28. The molecule has 0 saturated carbocycles. The predicted octanol–water partition coefficient (Wildman–Crippen LogP) is 1.87. The summed E-state index contributed by atoms with van der Waals surface area (Å²) in [4.78, 5) is 4.55. The molecule has 1 N–H and O–H groups in total. The van der Waals surface area contributed by atoms with E-state index in [2.05, 4.69) is 22.4 Å². The molecule has 0 amide bonds. The van der Waals surface area contributed by atoms with Gasteiger partial charge in [-0.25, -0.2) is 0 Å². The number of nitrogens with zero attached hydrogens (tertiary/aromatic N) is 1. The third kappa shape index (κ3) is 1.82. The lowest BCUT2D eigenvalue weighted by Gasteiger charge is -2.27. The Morgan fingerprint density at radius 2 is 2.33 bits per heavy atom. The third-order valence-corrected chi connectivity index (χ3v) is 3.60. The molecule has 0 aliphatic carbocycles. The van der Waals surface area contributed by atoms with E-state index in [-0.39, 0.29) is 0 Å². The number of ether oxygens (including phenoxy) is 2. The second-order valence-corrected chi connectivity index (χ2v) is 4.74.